The number of pyridine rings is 1. The summed E-state index contributed by atoms with van der Waals surface area (Å²) in [5.74, 6) is 0. The lowest BCUT2D eigenvalue weighted by atomic mass is 10.2. The summed E-state index contributed by atoms with van der Waals surface area (Å²) in [5.41, 5.74) is 1.69. The molecule has 2 aromatic rings. The second-order valence-electron chi connectivity index (χ2n) is 3.87. The molecule has 1 amide bonds. The lowest BCUT2D eigenvalue weighted by Crippen LogP contribution is -2.23. The molecule has 0 aliphatic carbocycles. The zero-order chi connectivity index (χ0) is 13.5. The molecule has 1 N–H and O–H groups in total. The van der Waals surface area contributed by atoms with Crippen molar-refractivity contribution in [3.8, 4) is 0 Å². The number of nitrogens with one attached hydrogen (secondary N) is 1. The van der Waals surface area contributed by atoms with Crippen LogP contribution < -0.4 is 5.32 Å². The minimum Gasteiger partial charge on any atom is -0.445 e. The highest BCUT2D eigenvalue weighted by atomic mass is 35.5. The number of hydrogen-bond acceptors (Lipinski definition) is 3. The maximum absolute atomic E-state index is 11.5. The molecular weight excluding hydrogens is 264 g/mol. The zero-order valence-electron chi connectivity index (χ0n) is 10.2. The third-order valence-corrected chi connectivity index (χ3v) is 2.81. The van der Waals surface area contributed by atoms with Crippen molar-refractivity contribution in [2.24, 2.45) is 0 Å². The van der Waals surface area contributed by atoms with Crippen LogP contribution in [0.1, 0.15) is 11.1 Å². The fourth-order valence-corrected chi connectivity index (χ4v) is 1.68. The summed E-state index contributed by atoms with van der Waals surface area (Å²) in [5, 5.41) is 3.00. The third-order valence-electron chi connectivity index (χ3n) is 2.47. The number of ether oxygens (including phenoxy) is 1. The van der Waals surface area contributed by atoms with E-state index in [9.17, 15) is 4.79 Å². The summed E-state index contributed by atoms with van der Waals surface area (Å²) in [6, 6.07) is 13.0. The molecule has 1 aromatic heterocycles. The number of carbonyl (C=O) groups is 1. The molecule has 5 heteroatoms. The van der Waals surface area contributed by atoms with Crippen LogP contribution in [0.5, 0.6) is 0 Å². The summed E-state index contributed by atoms with van der Waals surface area (Å²) in [4.78, 5) is 15.4. The lowest BCUT2D eigenvalue weighted by Gasteiger charge is -2.07. The molecule has 0 saturated carbocycles. The van der Waals surface area contributed by atoms with Crippen LogP contribution in [0.4, 0.5) is 4.79 Å². The topological polar surface area (TPSA) is 51.2 Å². The normalized spacial score (nSPS) is 9.95. The van der Waals surface area contributed by atoms with Gasteiger partial charge in [0.1, 0.15) is 11.8 Å². The van der Waals surface area contributed by atoms with E-state index in [4.69, 9.17) is 16.3 Å². The number of halogens is 1. The smallest absolute Gasteiger partial charge is 0.407 e. The average molecular weight is 277 g/mol. The number of rotatable bonds is 4. The molecule has 1 heterocycles. The molecule has 0 atom stereocenters. The predicted molar refractivity (Wildman–Crippen MR) is 72.7 cm³/mol. The van der Waals surface area contributed by atoms with Crippen molar-refractivity contribution in [2.75, 3.05) is 0 Å². The van der Waals surface area contributed by atoms with E-state index in [0.29, 0.717) is 11.7 Å². The van der Waals surface area contributed by atoms with E-state index in [1.165, 1.54) is 0 Å². The van der Waals surface area contributed by atoms with Crippen LogP contribution in [0.2, 0.25) is 5.15 Å². The number of aromatic nitrogens is 1. The number of amides is 1. The second kappa shape index (κ2) is 6.75. The SMILES string of the molecule is O=C(NCc1cccnc1Cl)OCc1ccccc1. The summed E-state index contributed by atoms with van der Waals surface area (Å²) in [7, 11) is 0. The maximum Gasteiger partial charge on any atom is 0.407 e. The Kier molecular flexibility index (Phi) is 4.75. The second-order valence-corrected chi connectivity index (χ2v) is 4.23. The predicted octanol–water partition coefficient (Wildman–Crippen LogP) is 3.16. The molecule has 0 bridgehead atoms. The Bertz CT molecular complexity index is 546. The molecule has 0 spiro atoms. The van der Waals surface area contributed by atoms with Gasteiger partial charge in [0.25, 0.3) is 0 Å². The fourth-order valence-electron chi connectivity index (χ4n) is 1.49. The Balaban J connectivity index is 1.78. The van der Waals surface area contributed by atoms with Crippen LogP contribution in [0.25, 0.3) is 0 Å². The van der Waals surface area contributed by atoms with Gasteiger partial charge in [-0.1, -0.05) is 48.0 Å². The molecule has 0 unspecified atom stereocenters. The number of hydrogen-bond donors (Lipinski definition) is 1. The van der Waals surface area contributed by atoms with Crippen molar-refractivity contribution in [3.05, 3.63) is 64.9 Å². The van der Waals surface area contributed by atoms with Crippen molar-refractivity contribution in [1.29, 1.82) is 0 Å². The molecule has 19 heavy (non-hydrogen) atoms. The van der Waals surface area contributed by atoms with Crippen LogP contribution in [-0.2, 0) is 17.9 Å². The van der Waals surface area contributed by atoms with E-state index in [1.807, 2.05) is 30.3 Å². The molecular formula is C14H13ClN2O2. The largest absolute Gasteiger partial charge is 0.445 e. The first-order valence-corrected chi connectivity index (χ1v) is 6.17. The minimum atomic E-state index is -0.483. The van der Waals surface area contributed by atoms with Crippen molar-refractivity contribution >= 4 is 17.7 Å². The van der Waals surface area contributed by atoms with Gasteiger partial charge in [-0.15, -0.1) is 0 Å². The van der Waals surface area contributed by atoms with Crippen LogP contribution in [0, 0.1) is 0 Å². The molecule has 0 aliphatic rings. The van der Waals surface area contributed by atoms with Gasteiger partial charge in [-0.05, 0) is 11.6 Å². The van der Waals surface area contributed by atoms with E-state index < -0.39 is 6.09 Å². The zero-order valence-corrected chi connectivity index (χ0v) is 10.9. The number of nitrogens with zero attached hydrogens (tertiary/aromatic N) is 1. The van der Waals surface area contributed by atoms with Gasteiger partial charge in [-0.25, -0.2) is 9.78 Å². The molecule has 0 radical (unpaired) electrons. The van der Waals surface area contributed by atoms with Gasteiger partial charge in [0.05, 0.1) is 0 Å². The quantitative estimate of drug-likeness (QED) is 0.873. The van der Waals surface area contributed by atoms with E-state index in [-0.39, 0.29) is 6.61 Å². The maximum atomic E-state index is 11.5. The van der Waals surface area contributed by atoms with Crippen molar-refractivity contribution < 1.29 is 9.53 Å². The van der Waals surface area contributed by atoms with Gasteiger partial charge in [-0.3, -0.25) is 0 Å². The van der Waals surface area contributed by atoms with Gasteiger partial charge in [0, 0.05) is 18.3 Å². The highest BCUT2D eigenvalue weighted by Crippen LogP contribution is 2.10. The van der Waals surface area contributed by atoms with Crippen LogP contribution in [0.15, 0.2) is 48.7 Å². The highest BCUT2D eigenvalue weighted by Gasteiger charge is 2.05. The molecule has 0 aliphatic heterocycles. The summed E-state index contributed by atoms with van der Waals surface area (Å²) in [6.45, 7) is 0.535. The van der Waals surface area contributed by atoms with Crippen molar-refractivity contribution in [2.45, 2.75) is 13.2 Å². The van der Waals surface area contributed by atoms with E-state index in [0.717, 1.165) is 11.1 Å². The minimum absolute atomic E-state index is 0.243. The first-order chi connectivity index (χ1) is 9.25. The van der Waals surface area contributed by atoms with Gasteiger partial charge in [0.15, 0.2) is 0 Å². The fraction of sp³-hybridized carbons (Fsp3) is 0.143. The van der Waals surface area contributed by atoms with E-state index >= 15 is 0 Å². The first kappa shape index (κ1) is 13.4. The van der Waals surface area contributed by atoms with Crippen LogP contribution in [0.3, 0.4) is 0 Å². The number of carbonyl (C=O) groups excluding carboxylic acids is 1. The molecule has 98 valence electrons. The Morgan fingerprint density at radius 1 is 1.21 bits per heavy atom. The Labute approximate surface area is 116 Å². The Hall–Kier alpha value is -2.07. The van der Waals surface area contributed by atoms with E-state index in [1.54, 1.807) is 18.3 Å². The van der Waals surface area contributed by atoms with Gasteiger partial charge in [0.2, 0.25) is 0 Å². The number of alkyl carbamates (subject to hydrolysis) is 1. The van der Waals surface area contributed by atoms with Crippen molar-refractivity contribution in [3.63, 3.8) is 0 Å². The summed E-state index contributed by atoms with van der Waals surface area (Å²) in [6.07, 6.45) is 1.11. The third kappa shape index (κ3) is 4.26. The molecule has 1 aromatic carbocycles. The molecule has 0 fully saturated rings. The summed E-state index contributed by atoms with van der Waals surface area (Å²) >= 11 is 5.88. The van der Waals surface area contributed by atoms with Gasteiger partial charge < -0.3 is 10.1 Å². The van der Waals surface area contributed by atoms with Crippen molar-refractivity contribution in [1.82, 2.24) is 10.3 Å². The lowest BCUT2D eigenvalue weighted by molar-refractivity contribution is 0.139. The first-order valence-electron chi connectivity index (χ1n) is 5.79. The Morgan fingerprint density at radius 3 is 2.74 bits per heavy atom. The molecule has 4 nitrogen and oxygen atoms in total. The van der Waals surface area contributed by atoms with E-state index in [2.05, 4.69) is 10.3 Å². The van der Waals surface area contributed by atoms with Gasteiger partial charge >= 0.3 is 6.09 Å². The molecule has 0 saturated heterocycles. The molecule has 2 rings (SSSR count). The standard InChI is InChI=1S/C14H13ClN2O2/c15-13-12(7-4-8-16-13)9-17-14(18)19-10-11-5-2-1-3-6-11/h1-8H,9-10H2,(H,17,18). The monoisotopic (exact) mass is 276 g/mol. The Morgan fingerprint density at radius 2 is 2.00 bits per heavy atom. The van der Waals surface area contributed by atoms with Gasteiger partial charge in [-0.2, -0.15) is 0 Å². The average Bonchev–Trinajstić information content (AvgIpc) is 2.45. The summed E-state index contributed by atoms with van der Waals surface area (Å²) < 4.78 is 5.08. The van der Waals surface area contributed by atoms with Crippen LogP contribution >= 0.6 is 11.6 Å². The highest BCUT2D eigenvalue weighted by molar-refractivity contribution is 6.30. The number of benzene rings is 1. The van der Waals surface area contributed by atoms with Crippen LogP contribution in [-0.4, -0.2) is 11.1 Å².